The zero-order chi connectivity index (χ0) is 10.6. The van der Waals surface area contributed by atoms with Gasteiger partial charge in [0.1, 0.15) is 0 Å². The molecule has 0 saturated heterocycles. The van der Waals surface area contributed by atoms with Gasteiger partial charge in [0.15, 0.2) is 0 Å². The van der Waals surface area contributed by atoms with Gasteiger partial charge in [0.25, 0.3) is 0 Å². The molecule has 1 unspecified atom stereocenters. The predicted octanol–water partition coefficient (Wildman–Crippen LogP) is 3.65. The Hall–Kier alpha value is -0.530. The summed E-state index contributed by atoms with van der Waals surface area (Å²) in [6.07, 6.45) is 0. The molecule has 0 aliphatic rings. The maximum absolute atomic E-state index is 6.16. The van der Waals surface area contributed by atoms with Crippen LogP contribution in [0.15, 0.2) is 24.3 Å². The molecule has 0 aliphatic carbocycles. The highest BCUT2D eigenvalue weighted by Crippen LogP contribution is 2.27. The van der Waals surface area contributed by atoms with Gasteiger partial charge in [0.2, 0.25) is 0 Å². The molecule has 0 spiro atoms. The van der Waals surface area contributed by atoms with Crippen LogP contribution in [0.25, 0.3) is 0 Å². The van der Waals surface area contributed by atoms with Crippen LogP contribution in [-0.2, 0) is 0 Å². The zero-order valence-electron chi connectivity index (χ0n) is 9.05. The Morgan fingerprint density at radius 3 is 2.43 bits per heavy atom. The molecule has 1 nitrogen and oxygen atoms in total. The second kappa shape index (κ2) is 5.38. The lowest BCUT2D eigenvalue weighted by Gasteiger charge is -2.23. The first-order valence-electron chi connectivity index (χ1n) is 5.14. The van der Waals surface area contributed by atoms with Gasteiger partial charge in [-0.25, -0.2) is 0 Å². The molecule has 1 atom stereocenters. The highest BCUT2D eigenvalue weighted by molar-refractivity contribution is 6.31. The number of halogens is 1. The Bertz CT molecular complexity index is 283. The molecule has 1 N–H and O–H groups in total. The molecule has 2 heteroatoms. The molecule has 14 heavy (non-hydrogen) atoms. The quantitative estimate of drug-likeness (QED) is 0.802. The van der Waals surface area contributed by atoms with Crippen molar-refractivity contribution >= 4 is 11.6 Å². The van der Waals surface area contributed by atoms with Crippen molar-refractivity contribution < 1.29 is 0 Å². The molecule has 0 aliphatic heterocycles. The van der Waals surface area contributed by atoms with Crippen LogP contribution in [0.2, 0.25) is 5.02 Å². The van der Waals surface area contributed by atoms with Crippen LogP contribution < -0.4 is 5.32 Å². The third-order valence-corrected chi connectivity index (χ3v) is 2.68. The van der Waals surface area contributed by atoms with Crippen molar-refractivity contribution in [2.45, 2.75) is 26.8 Å². The van der Waals surface area contributed by atoms with E-state index in [-0.39, 0.29) is 0 Å². The number of rotatable bonds is 4. The second-order valence-corrected chi connectivity index (χ2v) is 4.21. The van der Waals surface area contributed by atoms with Gasteiger partial charge in [-0.2, -0.15) is 0 Å². The van der Waals surface area contributed by atoms with Crippen LogP contribution in [0.4, 0.5) is 0 Å². The Morgan fingerprint density at radius 1 is 1.29 bits per heavy atom. The second-order valence-electron chi connectivity index (χ2n) is 3.80. The third-order valence-electron chi connectivity index (χ3n) is 2.33. The Labute approximate surface area is 91.5 Å². The maximum atomic E-state index is 6.16. The SMILES string of the molecule is CCNC(c1ccccc1Cl)C(C)C. The standard InChI is InChI=1S/C12H18ClN/c1-4-14-12(9(2)3)10-7-5-6-8-11(10)13/h5-9,12,14H,4H2,1-3H3. The summed E-state index contributed by atoms with van der Waals surface area (Å²) in [5, 5.41) is 4.31. The molecule has 0 fully saturated rings. The average Bonchev–Trinajstić information content (AvgIpc) is 2.15. The smallest absolute Gasteiger partial charge is 0.0453 e. The summed E-state index contributed by atoms with van der Waals surface area (Å²) in [6.45, 7) is 7.49. The molecule has 0 radical (unpaired) electrons. The fourth-order valence-electron chi connectivity index (χ4n) is 1.65. The van der Waals surface area contributed by atoms with Crippen molar-refractivity contribution in [3.05, 3.63) is 34.9 Å². The monoisotopic (exact) mass is 211 g/mol. The van der Waals surface area contributed by atoms with Crippen LogP contribution in [0.5, 0.6) is 0 Å². The van der Waals surface area contributed by atoms with Gasteiger partial charge in [-0.3, -0.25) is 0 Å². The van der Waals surface area contributed by atoms with Crippen LogP contribution >= 0.6 is 11.6 Å². The molecule has 0 saturated carbocycles. The normalized spacial score (nSPS) is 13.2. The van der Waals surface area contributed by atoms with Gasteiger partial charge in [-0.05, 0) is 24.1 Å². The van der Waals surface area contributed by atoms with E-state index in [1.807, 2.05) is 18.2 Å². The molecule has 78 valence electrons. The number of nitrogens with one attached hydrogen (secondary N) is 1. The topological polar surface area (TPSA) is 12.0 Å². The zero-order valence-corrected chi connectivity index (χ0v) is 9.81. The first-order valence-corrected chi connectivity index (χ1v) is 5.52. The Morgan fingerprint density at radius 2 is 1.93 bits per heavy atom. The number of hydrogen-bond donors (Lipinski definition) is 1. The minimum Gasteiger partial charge on any atom is -0.310 e. The lowest BCUT2D eigenvalue weighted by Crippen LogP contribution is -2.25. The first kappa shape index (κ1) is 11.5. The van der Waals surface area contributed by atoms with Crippen LogP contribution in [0.1, 0.15) is 32.4 Å². The third kappa shape index (κ3) is 2.73. The summed E-state index contributed by atoms with van der Waals surface area (Å²) < 4.78 is 0. The minimum absolute atomic E-state index is 0.355. The molecule has 0 amide bonds. The van der Waals surface area contributed by atoms with E-state index in [9.17, 15) is 0 Å². The van der Waals surface area contributed by atoms with E-state index < -0.39 is 0 Å². The van der Waals surface area contributed by atoms with Crippen LogP contribution in [-0.4, -0.2) is 6.54 Å². The highest BCUT2D eigenvalue weighted by Gasteiger charge is 2.16. The fourth-order valence-corrected chi connectivity index (χ4v) is 1.91. The predicted molar refractivity (Wildman–Crippen MR) is 62.7 cm³/mol. The lowest BCUT2D eigenvalue weighted by atomic mass is 9.96. The first-order chi connectivity index (χ1) is 6.66. The molecule has 0 heterocycles. The lowest BCUT2D eigenvalue weighted by molar-refractivity contribution is 0.422. The Kier molecular flexibility index (Phi) is 4.43. The molecular formula is C12H18ClN. The summed E-state index contributed by atoms with van der Waals surface area (Å²) in [5.41, 5.74) is 1.20. The van der Waals surface area contributed by atoms with Crippen molar-refractivity contribution in [3.63, 3.8) is 0 Å². The van der Waals surface area contributed by atoms with E-state index in [0.29, 0.717) is 12.0 Å². The van der Waals surface area contributed by atoms with Gasteiger partial charge in [-0.1, -0.05) is 50.6 Å². The fraction of sp³-hybridized carbons (Fsp3) is 0.500. The van der Waals surface area contributed by atoms with Crippen molar-refractivity contribution in [1.29, 1.82) is 0 Å². The van der Waals surface area contributed by atoms with E-state index in [2.05, 4.69) is 32.2 Å². The summed E-state index contributed by atoms with van der Waals surface area (Å²) in [7, 11) is 0. The van der Waals surface area contributed by atoms with Gasteiger partial charge < -0.3 is 5.32 Å². The molecular weight excluding hydrogens is 194 g/mol. The van der Waals surface area contributed by atoms with Crippen molar-refractivity contribution in [3.8, 4) is 0 Å². The van der Waals surface area contributed by atoms with E-state index in [4.69, 9.17) is 11.6 Å². The van der Waals surface area contributed by atoms with Crippen LogP contribution in [0.3, 0.4) is 0 Å². The largest absolute Gasteiger partial charge is 0.310 e. The summed E-state index contributed by atoms with van der Waals surface area (Å²) >= 11 is 6.16. The van der Waals surface area contributed by atoms with Gasteiger partial charge >= 0.3 is 0 Å². The summed E-state index contributed by atoms with van der Waals surface area (Å²) in [5.74, 6) is 0.551. The van der Waals surface area contributed by atoms with Gasteiger partial charge in [0.05, 0.1) is 0 Å². The van der Waals surface area contributed by atoms with Crippen molar-refractivity contribution in [2.24, 2.45) is 5.92 Å². The molecule has 1 aromatic carbocycles. The molecule has 1 rings (SSSR count). The van der Waals surface area contributed by atoms with Crippen molar-refractivity contribution in [2.75, 3.05) is 6.54 Å². The minimum atomic E-state index is 0.355. The molecule has 1 aromatic rings. The summed E-state index contributed by atoms with van der Waals surface area (Å²) in [6, 6.07) is 8.40. The maximum Gasteiger partial charge on any atom is 0.0453 e. The van der Waals surface area contributed by atoms with Crippen molar-refractivity contribution in [1.82, 2.24) is 5.32 Å². The number of benzene rings is 1. The average molecular weight is 212 g/mol. The molecule has 0 aromatic heterocycles. The van der Waals surface area contributed by atoms with Crippen LogP contribution in [0, 0.1) is 5.92 Å². The Balaban J connectivity index is 2.93. The molecule has 0 bridgehead atoms. The van der Waals surface area contributed by atoms with E-state index in [0.717, 1.165) is 11.6 Å². The van der Waals surface area contributed by atoms with E-state index in [1.54, 1.807) is 0 Å². The number of hydrogen-bond acceptors (Lipinski definition) is 1. The van der Waals surface area contributed by atoms with Gasteiger partial charge in [0, 0.05) is 11.1 Å². The highest BCUT2D eigenvalue weighted by atomic mass is 35.5. The summed E-state index contributed by atoms with van der Waals surface area (Å²) in [4.78, 5) is 0. The van der Waals surface area contributed by atoms with E-state index >= 15 is 0 Å². The van der Waals surface area contributed by atoms with Gasteiger partial charge in [-0.15, -0.1) is 0 Å². The van der Waals surface area contributed by atoms with E-state index in [1.165, 1.54) is 5.56 Å².